The van der Waals surface area contributed by atoms with Crippen molar-refractivity contribution < 1.29 is 4.79 Å². The molecule has 0 saturated carbocycles. The van der Waals surface area contributed by atoms with Crippen molar-refractivity contribution in [2.24, 2.45) is 0 Å². The number of carbonyl (C=O) groups excluding carboxylic acids is 1. The summed E-state index contributed by atoms with van der Waals surface area (Å²) < 4.78 is 0. The molecule has 0 unspecified atom stereocenters. The standard InChI is InChI=1S/C16H15N3OS/c1-11-18-14-7-3-2-6-13(14)15(19-11)16(20)17-9-8-12-5-4-10-21-12/h2-7,10H,8-9H2,1H3,(H,17,20). The van der Waals surface area contributed by atoms with Crippen molar-refractivity contribution in [3.8, 4) is 0 Å². The fourth-order valence-electron chi connectivity index (χ4n) is 2.20. The van der Waals surface area contributed by atoms with Crippen LogP contribution in [0.4, 0.5) is 0 Å². The minimum absolute atomic E-state index is 0.145. The lowest BCUT2D eigenvalue weighted by Gasteiger charge is -2.07. The molecule has 1 amide bonds. The van der Waals surface area contributed by atoms with Gasteiger partial charge in [0, 0.05) is 16.8 Å². The molecule has 106 valence electrons. The summed E-state index contributed by atoms with van der Waals surface area (Å²) in [7, 11) is 0. The van der Waals surface area contributed by atoms with Gasteiger partial charge < -0.3 is 5.32 Å². The zero-order chi connectivity index (χ0) is 14.7. The number of hydrogen-bond acceptors (Lipinski definition) is 4. The quantitative estimate of drug-likeness (QED) is 0.805. The number of aryl methyl sites for hydroxylation is 1. The van der Waals surface area contributed by atoms with E-state index in [2.05, 4.69) is 21.4 Å². The Balaban J connectivity index is 1.78. The third kappa shape index (κ3) is 3.08. The van der Waals surface area contributed by atoms with Gasteiger partial charge in [-0.1, -0.05) is 24.3 Å². The van der Waals surface area contributed by atoms with Crippen LogP contribution in [-0.4, -0.2) is 22.4 Å². The smallest absolute Gasteiger partial charge is 0.270 e. The van der Waals surface area contributed by atoms with Crippen molar-refractivity contribution in [2.45, 2.75) is 13.3 Å². The molecule has 0 aliphatic carbocycles. The van der Waals surface area contributed by atoms with E-state index in [9.17, 15) is 4.79 Å². The Bertz CT molecular complexity index is 768. The summed E-state index contributed by atoms with van der Waals surface area (Å²) in [6, 6.07) is 11.7. The van der Waals surface area contributed by atoms with E-state index in [1.165, 1.54) is 4.88 Å². The van der Waals surface area contributed by atoms with Crippen LogP contribution >= 0.6 is 11.3 Å². The lowest BCUT2D eigenvalue weighted by Crippen LogP contribution is -2.27. The van der Waals surface area contributed by atoms with E-state index in [0.29, 0.717) is 18.1 Å². The fourth-order valence-corrected chi connectivity index (χ4v) is 2.91. The fraction of sp³-hybridized carbons (Fsp3) is 0.188. The molecule has 0 aliphatic rings. The molecular formula is C16H15N3OS. The van der Waals surface area contributed by atoms with Crippen molar-refractivity contribution in [2.75, 3.05) is 6.54 Å². The highest BCUT2D eigenvalue weighted by Gasteiger charge is 2.13. The van der Waals surface area contributed by atoms with Gasteiger partial charge in [-0.25, -0.2) is 9.97 Å². The van der Waals surface area contributed by atoms with E-state index in [0.717, 1.165) is 17.3 Å². The summed E-state index contributed by atoms with van der Waals surface area (Å²) in [5.74, 6) is 0.463. The average molecular weight is 297 g/mol. The summed E-state index contributed by atoms with van der Waals surface area (Å²) in [5, 5.41) is 5.76. The third-order valence-electron chi connectivity index (χ3n) is 3.17. The van der Waals surface area contributed by atoms with E-state index in [1.54, 1.807) is 18.3 Å². The van der Waals surface area contributed by atoms with E-state index in [1.807, 2.05) is 35.7 Å². The highest BCUT2D eigenvalue weighted by atomic mass is 32.1. The maximum Gasteiger partial charge on any atom is 0.270 e. The van der Waals surface area contributed by atoms with Crippen LogP contribution in [-0.2, 0) is 6.42 Å². The number of hydrogen-bond donors (Lipinski definition) is 1. The van der Waals surface area contributed by atoms with Crippen LogP contribution in [0, 0.1) is 6.92 Å². The van der Waals surface area contributed by atoms with Crippen molar-refractivity contribution in [3.05, 3.63) is 58.2 Å². The lowest BCUT2D eigenvalue weighted by atomic mass is 10.1. The molecule has 1 aromatic carbocycles. The molecule has 0 aliphatic heterocycles. The van der Waals surface area contributed by atoms with Crippen molar-refractivity contribution in [1.82, 2.24) is 15.3 Å². The molecule has 5 heteroatoms. The van der Waals surface area contributed by atoms with E-state index in [-0.39, 0.29) is 5.91 Å². The topological polar surface area (TPSA) is 54.9 Å². The molecular weight excluding hydrogens is 282 g/mol. The summed E-state index contributed by atoms with van der Waals surface area (Å²) in [6.45, 7) is 2.41. The number of fused-ring (bicyclic) bond motifs is 1. The first-order valence-electron chi connectivity index (χ1n) is 6.78. The van der Waals surface area contributed by atoms with Crippen molar-refractivity contribution in [3.63, 3.8) is 0 Å². The first kappa shape index (κ1) is 13.7. The Morgan fingerprint density at radius 1 is 1.19 bits per heavy atom. The maximum absolute atomic E-state index is 12.3. The average Bonchev–Trinajstić information content (AvgIpc) is 2.99. The van der Waals surface area contributed by atoms with Gasteiger partial charge >= 0.3 is 0 Å². The zero-order valence-corrected chi connectivity index (χ0v) is 12.5. The highest BCUT2D eigenvalue weighted by molar-refractivity contribution is 7.09. The van der Waals surface area contributed by atoms with Gasteiger partial charge in [0.1, 0.15) is 11.5 Å². The number of benzene rings is 1. The second-order valence-electron chi connectivity index (χ2n) is 4.72. The van der Waals surface area contributed by atoms with E-state index >= 15 is 0 Å². The van der Waals surface area contributed by atoms with Gasteiger partial charge in [0.25, 0.3) is 5.91 Å². The van der Waals surface area contributed by atoms with Gasteiger partial charge in [0.15, 0.2) is 0 Å². The Labute approximate surface area is 126 Å². The Morgan fingerprint density at radius 2 is 2.05 bits per heavy atom. The Kier molecular flexibility index (Phi) is 3.92. The largest absolute Gasteiger partial charge is 0.350 e. The van der Waals surface area contributed by atoms with Crippen molar-refractivity contribution in [1.29, 1.82) is 0 Å². The lowest BCUT2D eigenvalue weighted by molar-refractivity contribution is 0.0950. The Morgan fingerprint density at radius 3 is 2.86 bits per heavy atom. The molecule has 4 nitrogen and oxygen atoms in total. The van der Waals surface area contributed by atoms with Crippen LogP contribution in [0.5, 0.6) is 0 Å². The third-order valence-corrected chi connectivity index (χ3v) is 4.10. The van der Waals surface area contributed by atoms with Gasteiger partial charge in [0.2, 0.25) is 0 Å². The molecule has 0 bridgehead atoms. The van der Waals surface area contributed by atoms with Gasteiger partial charge in [-0.15, -0.1) is 11.3 Å². The molecule has 0 radical (unpaired) electrons. The SMILES string of the molecule is Cc1nc(C(=O)NCCc2cccs2)c2ccccc2n1. The molecule has 3 rings (SSSR count). The molecule has 0 fully saturated rings. The van der Waals surface area contributed by atoms with E-state index < -0.39 is 0 Å². The number of amides is 1. The van der Waals surface area contributed by atoms with Crippen LogP contribution in [0.1, 0.15) is 21.2 Å². The predicted octanol–water partition coefficient (Wildman–Crippen LogP) is 2.97. The van der Waals surface area contributed by atoms with Gasteiger partial charge in [-0.3, -0.25) is 4.79 Å². The normalized spacial score (nSPS) is 10.7. The molecule has 0 spiro atoms. The molecule has 21 heavy (non-hydrogen) atoms. The van der Waals surface area contributed by atoms with Gasteiger partial charge in [-0.05, 0) is 30.9 Å². The number of rotatable bonds is 4. The first-order chi connectivity index (χ1) is 10.2. The molecule has 0 atom stereocenters. The molecule has 2 heterocycles. The molecule has 2 aromatic heterocycles. The Hall–Kier alpha value is -2.27. The molecule has 0 saturated heterocycles. The number of para-hydroxylation sites is 1. The van der Waals surface area contributed by atoms with Crippen LogP contribution in [0.3, 0.4) is 0 Å². The van der Waals surface area contributed by atoms with Crippen molar-refractivity contribution >= 4 is 28.1 Å². The van der Waals surface area contributed by atoms with Crippen LogP contribution in [0.25, 0.3) is 10.9 Å². The molecule has 1 N–H and O–H groups in total. The van der Waals surface area contributed by atoms with Gasteiger partial charge in [-0.2, -0.15) is 0 Å². The van der Waals surface area contributed by atoms with Gasteiger partial charge in [0.05, 0.1) is 5.52 Å². The van der Waals surface area contributed by atoms with E-state index in [4.69, 9.17) is 0 Å². The van der Waals surface area contributed by atoms with Crippen LogP contribution < -0.4 is 5.32 Å². The first-order valence-corrected chi connectivity index (χ1v) is 7.66. The zero-order valence-electron chi connectivity index (χ0n) is 11.7. The number of nitrogens with zero attached hydrogens (tertiary/aromatic N) is 2. The summed E-state index contributed by atoms with van der Waals surface area (Å²) >= 11 is 1.70. The molecule has 3 aromatic rings. The summed E-state index contributed by atoms with van der Waals surface area (Å²) in [6.07, 6.45) is 0.839. The minimum atomic E-state index is -0.145. The number of thiophene rings is 1. The summed E-state index contributed by atoms with van der Waals surface area (Å²) in [5.41, 5.74) is 1.25. The summed E-state index contributed by atoms with van der Waals surface area (Å²) in [4.78, 5) is 22.3. The number of aromatic nitrogens is 2. The van der Waals surface area contributed by atoms with Crippen LogP contribution in [0.2, 0.25) is 0 Å². The second kappa shape index (κ2) is 6.01. The monoisotopic (exact) mass is 297 g/mol. The highest BCUT2D eigenvalue weighted by Crippen LogP contribution is 2.15. The van der Waals surface area contributed by atoms with Crippen LogP contribution in [0.15, 0.2) is 41.8 Å². The predicted molar refractivity (Wildman–Crippen MR) is 84.6 cm³/mol. The number of nitrogens with one attached hydrogen (secondary N) is 1. The minimum Gasteiger partial charge on any atom is -0.350 e. The maximum atomic E-state index is 12.3. The number of carbonyl (C=O) groups is 1. The second-order valence-corrected chi connectivity index (χ2v) is 5.75.